The molecule has 2 atom stereocenters. The van der Waals surface area contributed by atoms with E-state index in [1.165, 1.54) is 17.0 Å². The molecule has 304 valence electrons. The quantitative estimate of drug-likeness (QED) is 0.172. The van der Waals surface area contributed by atoms with Crippen LogP contribution in [0.5, 0.6) is 6.01 Å². The second-order valence-electron chi connectivity index (χ2n) is 16.2. The standard InChI is InChI=1S/C40H41ClF3N9O4S/c1-39(2,3)57-38(55)48-35-25(17-45)29-23(8-9-27(43)33(29)58-35)30-26(41)15-24-32(31(30)44)46-37(56-20-40-10-6-12-52(40)18-21(42)16-40)47-34(24)51-11-7-13-53-22(19-51)14-28(49-53)36(54)50(4)5/h8-9,14-15,21H,6-7,10-13,16,18-20H2,1-5H3,(H,48,55)/t21-,40+/m1/s1. The molecule has 0 spiro atoms. The van der Waals surface area contributed by atoms with Gasteiger partial charge in [0.15, 0.2) is 11.5 Å². The Bertz CT molecular complexity index is 2530. The van der Waals surface area contributed by atoms with Crippen LogP contribution < -0.4 is 15.0 Å². The van der Waals surface area contributed by atoms with Crippen molar-refractivity contribution in [2.45, 2.75) is 76.9 Å². The van der Waals surface area contributed by atoms with Gasteiger partial charge in [0.1, 0.15) is 46.6 Å². The Morgan fingerprint density at radius 1 is 1.16 bits per heavy atom. The molecule has 2 fully saturated rings. The number of ether oxygens (including phenoxy) is 2. The van der Waals surface area contributed by atoms with Crippen molar-refractivity contribution in [3.05, 3.63) is 57.9 Å². The molecule has 3 aromatic heterocycles. The minimum Gasteiger partial charge on any atom is -0.461 e. The highest BCUT2D eigenvalue weighted by atomic mass is 35.5. The van der Waals surface area contributed by atoms with Gasteiger partial charge in [-0.15, -0.1) is 11.3 Å². The molecule has 0 unspecified atom stereocenters. The number of hydrogen-bond acceptors (Lipinski definition) is 11. The molecule has 13 nitrogen and oxygen atoms in total. The summed E-state index contributed by atoms with van der Waals surface area (Å²) in [7, 11) is 3.31. The van der Waals surface area contributed by atoms with Gasteiger partial charge in [0, 0.05) is 56.5 Å². The maximum atomic E-state index is 17.5. The highest BCUT2D eigenvalue weighted by molar-refractivity contribution is 7.23. The summed E-state index contributed by atoms with van der Waals surface area (Å²) in [5.74, 6) is -1.48. The number of nitrogens with zero attached hydrogens (tertiary/aromatic N) is 8. The number of alkyl halides is 1. The lowest BCUT2D eigenvalue weighted by atomic mass is 9.95. The van der Waals surface area contributed by atoms with Crippen molar-refractivity contribution in [2.24, 2.45) is 0 Å². The molecule has 3 aliphatic heterocycles. The van der Waals surface area contributed by atoms with E-state index in [0.717, 1.165) is 42.5 Å². The Kier molecular flexibility index (Phi) is 10.2. The highest BCUT2D eigenvalue weighted by Gasteiger charge is 2.49. The summed E-state index contributed by atoms with van der Waals surface area (Å²) in [6, 6.07) is 7.67. The lowest BCUT2D eigenvalue weighted by Crippen LogP contribution is -2.43. The molecule has 5 aromatic rings. The summed E-state index contributed by atoms with van der Waals surface area (Å²) in [5.41, 5.74) is -0.637. The number of hydrogen-bond donors (Lipinski definition) is 1. The van der Waals surface area contributed by atoms with Crippen LogP contribution in [0.1, 0.15) is 68.2 Å². The Balaban J connectivity index is 1.26. The van der Waals surface area contributed by atoms with E-state index in [9.17, 15) is 19.2 Å². The van der Waals surface area contributed by atoms with Gasteiger partial charge in [0.05, 0.1) is 33.1 Å². The zero-order chi connectivity index (χ0) is 41.3. The zero-order valence-electron chi connectivity index (χ0n) is 32.6. The van der Waals surface area contributed by atoms with Gasteiger partial charge in [-0.25, -0.2) is 18.0 Å². The number of thiophene rings is 1. The van der Waals surface area contributed by atoms with Crippen LogP contribution >= 0.6 is 22.9 Å². The van der Waals surface area contributed by atoms with Crippen LogP contribution in [0, 0.1) is 23.0 Å². The molecule has 8 rings (SSSR count). The second-order valence-corrected chi connectivity index (χ2v) is 17.6. The summed E-state index contributed by atoms with van der Waals surface area (Å²) in [6.45, 7) is 7.45. The van der Waals surface area contributed by atoms with Crippen molar-refractivity contribution < 1.29 is 32.2 Å². The zero-order valence-corrected chi connectivity index (χ0v) is 34.2. The van der Waals surface area contributed by atoms with E-state index in [2.05, 4.69) is 20.3 Å². The Labute approximate surface area is 341 Å². The predicted molar refractivity (Wildman–Crippen MR) is 214 cm³/mol. The SMILES string of the molecule is CN(C)C(=O)c1cc2n(n1)CCCN(c1nc(OC[C@@]34CCCN3C[C@H](F)C4)nc3c(F)c(-c4ccc(F)c5sc(NC(=O)OC(C)(C)C)c(C#N)c45)c(Cl)cc13)C2. The van der Waals surface area contributed by atoms with Gasteiger partial charge in [-0.1, -0.05) is 17.7 Å². The summed E-state index contributed by atoms with van der Waals surface area (Å²) in [6.07, 6.45) is 0.704. The molecule has 0 saturated carbocycles. The Morgan fingerprint density at radius 3 is 2.69 bits per heavy atom. The Hall–Kier alpha value is -5.18. The number of anilines is 2. The number of rotatable bonds is 7. The first-order valence-corrected chi connectivity index (χ1v) is 20.2. The molecule has 3 aliphatic rings. The van der Waals surface area contributed by atoms with Crippen LogP contribution in [0.3, 0.4) is 0 Å². The molecule has 6 heterocycles. The molecular formula is C40H41ClF3N9O4S. The normalized spacial score (nSPS) is 19.5. The van der Waals surface area contributed by atoms with Crippen LogP contribution in [0.15, 0.2) is 24.3 Å². The molecule has 2 amide bonds. The van der Waals surface area contributed by atoms with Crippen LogP contribution in [0.4, 0.5) is 28.8 Å². The first-order chi connectivity index (χ1) is 27.6. The molecular weight excluding hydrogens is 795 g/mol. The summed E-state index contributed by atoms with van der Waals surface area (Å²) >= 11 is 7.81. The van der Waals surface area contributed by atoms with E-state index in [1.54, 1.807) is 45.6 Å². The number of benzene rings is 2. The van der Waals surface area contributed by atoms with Gasteiger partial charge in [0.2, 0.25) is 0 Å². The first kappa shape index (κ1) is 39.6. The smallest absolute Gasteiger partial charge is 0.412 e. The fourth-order valence-corrected chi connectivity index (χ4v) is 9.67. The van der Waals surface area contributed by atoms with E-state index in [-0.39, 0.29) is 72.8 Å². The number of aryl methyl sites for hydroxylation is 1. The fraction of sp³-hybridized carbons (Fsp3) is 0.450. The molecule has 2 saturated heterocycles. The third-order valence-electron chi connectivity index (χ3n) is 10.8. The average Bonchev–Trinajstić information content (AvgIpc) is 3.88. The lowest BCUT2D eigenvalue weighted by molar-refractivity contribution is 0.0636. The van der Waals surface area contributed by atoms with Gasteiger partial charge in [-0.05, 0) is 70.3 Å². The molecule has 58 heavy (non-hydrogen) atoms. The molecule has 0 bridgehead atoms. The van der Waals surface area contributed by atoms with Gasteiger partial charge in [0.25, 0.3) is 5.91 Å². The minimum absolute atomic E-state index is 0.000489. The Morgan fingerprint density at radius 2 is 1.95 bits per heavy atom. The van der Waals surface area contributed by atoms with E-state index in [0.29, 0.717) is 44.0 Å². The van der Waals surface area contributed by atoms with Crippen LogP contribution in [-0.4, -0.2) is 99.2 Å². The topological polar surface area (TPSA) is 142 Å². The first-order valence-electron chi connectivity index (χ1n) is 19.0. The van der Waals surface area contributed by atoms with E-state index >= 15 is 8.78 Å². The second kappa shape index (κ2) is 14.9. The van der Waals surface area contributed by atoms with Gasteiger partial charge >= 0.3 is 12.1 Å². The molecule has 1 N–H and O–H groups in total. The molecule has 2 aromatic carbocycles. The largest absolute Gasteiger partial charge is 0.461 e. The number of aromatic nitrogens is 4. The maximum absolute atomic E-state index is 17.5. The van der Waals surface area contributed by atoms with Gasteiger partial charge in [-0.2, -0.15) is 20.3 Å². The monoisotopic (exact) mass is 835 g/mol. The average molecular weight is 836 g/mol. The van der Waals surface area contributed by atoms with Crippen LogP contribution in [0.25, 0.3) is 32.1 Å². The molecule has 0 aliphatic carbocycles. The van der Waals surface area contributed by atoms with E-state index < -0.39 is 35.0 Å². The third kappa shape index (κ3) is 7.15. The van der Waals surface area contributed by atoms with Crippen molar-refractivity contribution in [1.29, 1.82) is 5.26 Å². The van der Waals surface area contributed by atoms with Gasteiger partial charge < -0.3 is 19.3 Å². The van der Waals surface area contributed by atoms with E-state index in [4.69, 9.17) is 26.1 Å². The van der Waals surface area contributed by atoms with Crippen molar-refractivity contribution in [2.75, 3.05) is 50.6 Å². The number of carbonyl (C=O) groups excluding carboxylic acids is 2. The van der Waals surface area contributed by atoms with Crippen molar-refractivity contribution in [3.8, 4) is 23.2 Å². The maximum Gasteiger partial charge on any atom is 0.412 e. The summed E-state index contributed by atoms with van der Waals surface area (Å²) in [4.78, 5) is 40.5. The predicted octanol–water partition coefficient (Wildman–Crippen LogP) is 7.93. The fourth-order valence-electron chi connectivity index (χ4n) is 8.31. The molecule has 18 heteroatoms. The summed E-state index contributed by atoms with van der Waals surface area (Å²) in [5, 5.41) is 17.7. The number of nitriles is 1. The number of fused-ring (bicyclic) bond motifs is 4. The van der Waals surface area contributed by atoms with Crippen LogP contribution in [0.2, 0.25) is 5.02 Å². The van der Waals surface area contributed by atoms with Crippen molar-refractivity contribution in [3.63, 3.8) is 0 Å². The van der Waals surface area contributed by atoms with E-state index in [1.807, 2.05) is 11.0 Å². The number of amides is 2. The van der Waals surface area contributed by atoms with Crippen molar-refractivity contribution >= 4 is 66.7 Å². The van der Waals surface area contributed by atoms with Crippen LogP contribution in [-0.2, 0) is 17.8 Å². The number of carbonyl (C=O) groups is 2. The lowest BCUT2D eigenvalue weighted by Gasteiger charge is -2.31. The number of halogens is 4. The summed E-state index contributed by atoms with van der Waals surface area (Å²) < 4.78 is 61.1. The molecule has 0 radical (unpaired) electrons. The number of nitrogens with one attached hydrogen (secondary N) is 1. The minimum atomic E-state index is -0.992. The van der Waals surface area contributed by atoms with Gasteiger partial charge in [-0.3, -0.25) is 19.7 Å². The highest BCUT2D eigenvalue weighted by Crippen LogP contribution is 2.47. The van der Waals surface area contributed by atoms with Crippen molar-refractivity contribution in [1.82, 2.24) is 29.5 Å². The third-order valence-corrected chi connectivity index (χ3v) is 12.2.